The van der Waals surface area contributed by atoms with Crippen molar-refractivity contribution < 1.29 is 4.79 Å². The predicted octanol–water partition coefficient (Wildman–Crippen LogP) is 2.20. The third-order valence-electron chi connectivity index (χ3n) is 1.80. The van der Waals surface area contributed by atoms with E-state index in [1.54, 1.807) is 24.5 Å². The second-order valence-corrected chi connectivity index (χ2v) is 2.61. The van der Waals surface area contributed by atoms with Gasteiger partial charge in [0.2, 0.25) is 6.08 Å². The highest BCUT2D eigenvalue weighted by molar-refractivity contribution is 5.84. The fraction of sp³-hybridized carbons (Fsp3) is 0. The highest BCUT2D eigenvalue weighted by Crippen LogP contribution is 2.19. The Morgan fingerprint density at radius 2 is 2.15 bits per heavy atom. The molecule has 3 heteroatoms. The van der Waals surface area contributed by atoms with Gasteiger partial charge in [-0.05, 0) is 23.6 Å². The van der Waals surface area contributed by atoms with Crippen LogP contribution in [0.25, 0.3) is 10.8 Å². The normalized spacial score (nSPS) is 9.54. The summed E-state index contributed by atoms with van der Waals surface area (Å²) in [6.45, 7) is 0. The van der Waals surface area contributed by atoms with Crippen LogP contribution in [-0.4, -0.2) is 11.1 Å². The predicted molar refractivity (Wildman–Crippen MR) is 49.5 cm³/mol. The first-order valence-corrected chi connectivity index (χ1v) is 3.82. The van der Waals surface area contributed by atoms with Crippen LogP contribution in [0.15, 0.2) is 41.7 Å². The Labute approximate surface area is 74.8 Å². The number of aliphatic imine (C=N–C) groups is 1. The molecule has 1 heterocycles. The summed E-state index contributed by atoms with van der Waals surface area (Å²) in [6.07, 6.45) is 4.97. The lowest BCUT2D eigenvalue weighted by Crippen LogP contribution is -1.73. The van der Waals surface area contributed by atoms with Crippen molar-refractivity contribution >= 4 is 22.5 Å². The van der Waals surface area contributed by atoms with Crippen molar-refractivity contribution in [3.05, 3.63) is 36.7 Å². The molecule has 2 aromatic rings. The number of benzene rings is 1. The van der Waals surface area contributed by atoms with E-state index >= 15 is 0 Å². The molecule has 0 saturated heterocycles. The molecular formula is C10H6N2O. The minimum absolute atomic E-state index is 0.607. The standard InChI is InChI=1S/C10H6N2O/c13-7-12-10-2-1-8-3-4-11-6-9(8)5-10/h1-6H. The average Bonchev–Trinajstić information content (AvgIpc) is 2.18. The fourth-order valence-electron chi connectivity index (χ4n) is 1.19. The van der Waals surface area contributed by atoms with Crippen molar-refractivity contribution in [3.63, 3.8) is 0 Å². The van der Waals surface area contributed by atoms with Crippen molar-refractivity contribution in [2.75, 3.05) is 0 Å². The summed E-state index contributed by atoms with van der Waals surface area (Å²) < 4.78 is 0. The third-order valence-corrected chi connectivity index (χ3v) is 1.80. The number of rotatable bonds is 1. The van der Waals surface area contributed by atoms with E-state index in [0.29, 0.717) is 5.69 Å². The molecule has 1 aromatic heterocycles. The van der Waals surface area contributed by atoms with Crippen LogP contribution in [-0.2, 0) is 4.79 Å². The lowest BCUT2D eigenvalue weighted by Gasteiger charge is -1.95. The minimum atomic E-state index is 0.607. The molecule has 0 aliphatic heterocycles. The van der Waals surface area contributed by atoms with Gasteiger partial charge in [-0.25, -0.2) is 4.79 Å². The lowest BCUT2D eigenvalue weighted by molar-refractivity contribution is 0.565. The largest absolute Gasteiger partial charge is 0.264 e. The Bertz CT molecular complexity index is 487. The van der Waals surface area contributed by atoms with Crippen molar-refractivity contribution in [2.45, 2.75) is 0 Å². The number of fused-ring (bicyclic) bond motifs is 1. The van der Waals surface area contributed by atoms with Gasteiger partial charge in [0.15, 0.2) is 0 Å². The topological polar surface area (TPSA) is 42.3 Å². The van der Waals surface area contributed by atoms with Gasteiger partial charge >= 0.3 is 0 Å². The van der Waals surface area contributed by atoms with Crippen LogP contribution < -0.4 is 0 Å². The molecule has 0 saturated carbocycles. The van der Waals surface area contributed by atoms with Crippen LogP contribution in [0.5, 0.6) is 0 Å². The average molecular weight is 170 g/mol. The number of hydrogen-bond donors (Lipinski definition) is 0. The number of carbonyl (C=O) groups excluding carboxylic acids is 1. The van der Waals surface area contributed by atoms with Crippen LogP contribution in [0.1, 0.15) is 0 Å². The van der Waals surface area contributed by atoms with Crippen molar-refractivity contribution in [2.24, 2.45) is 4.99 Å². The molecule has 0 amide bonds. The van der Waals surface area contributed by atoms with Gasteiger partial charge in [-0.1, -0.05) is 6.07 Å². The highest BCUT2D eigenvalue weighted by Gasteiger charge is 1.93. The van der Waals surface area contributed by atoms with Crippen molar-refractivity contribution in [3.8, 4) is 0 Å². The first kappa shape index (κ1) is 7.65. The Morgan fingerprint density at radius 3 is 3.00 bits per heavy atom. The van der Waals surface area contributed by atoms with E-state index in [0.717, 1.165) is 10.8 Å². The molecule has 0 fully saturated rings. The van der Waals surface area contributed by atoms with E-state index in [9.17, 15) is 4.79 Å². The van der Waals surface area contributed by atoms with Crippen LogP contribution >= 0.6 is 0 Å². The van der Waals surface area contributed by atoms with Gasteiger partial charge < -0.3 is 0 Å². The summed E-state index contributed by atoms with van der Waals surface area (Å²) in [7, 11) is 0. The molecule has 0 bridgehead atoms. The monoisotopic (exact) mass is 170 g/mol. The van der Waals surface area contributed by atoms with Crippen LogP contribution in [0, 0.1) is 0 Å². The maximum absolute atomic E-state index is 10.0. The van der Waals surface area contributed by atoms with Crippen molar-refractivity contribution in [1.82, 2.24) is 4.98 Å². The first-order chi connectivity index (χ1) is 6.40. The molecule has 0 atom stereocenters. The van der Waals surface area contributed by atoms with E-state index in [1.807, 2.05) is 12.1 Å². The molecule has 0 aliphatic rings. The molecule has 0 N–H and O–H groups in total. The Hall–Kier alpha value is -1.99. The molecular weight excluding hydrogens is 164 g/mol. The quantitative estimate of drug-likeness (QED) is 0.486. The molecule has 0 radical (unpaired) electrons. The van der Waals surface area contributed by atoms with Gasteiger partial charge in [-0.3, -0.25) is 4.98 Å². The number of hydrogen-bond acceptors (Lipinski definition) is 3. The maximum Gasteiger partial charge on any atom is 0.240 e. The summed E-state index contributed by atoms with van der Waals surface area (Å²) >= 11 is 0. The number of isocyanates is 1. The van der Waals surface area contributed by atoms with Gasteiger partial charge in [-0.15, -0.1) is 0 Å². The van der Waals surface area contributed by atoms with Gasteiger partial charge in [-0.2, -0.15) is 4.99 Å². The van der Waals surface area contributed by atoms with E-state index in [-0.39, 0.29) is 0 Å². The van der Waals surface area contributed by atoms with Gasteiger partial charge in [0.25, 0.3) is 0 Å². The number of aromatic nitrogens is 1. The van der Waals surface area contributed by atoms with Crippen LogP contribution in [0.2, 0.25) is 0 Å². The van der Waals surface area contributed by atoms with E-state index in [1.165, 1.54) is 6.08 Å². The SMILES string of the molecule is O=C=Nc1ccc2ccncc2c1. The summed E-state index contributed by atoms with van der Waals surface area (Å²) in [5.41, 5.74) is 0.607. The molecule has 13 heavy (non-hydrogen) atoms. The summed E-state index contributed by atoms with van der Waals surface area (Å²) in [6, 6.07) is 7.37. The molecule has 0 aliphatic carbocycles. The molecule has 1 aromatic carbocycles. The van der Waals surface area contributed by atoms with E-state index in [4.69, 9.17) is 0 Å². The summed E-state index contributed by atoms with van der Waals surface area (Å²) in [4.78, 5) is 17.5. The van der Waals surface area contributed by atoms with Crippen LogP contribution in [0.3, 0.4) is 0 Å². The van der Waals surface area contributed by atoms with Crippen LogP contribution in [0.4, 0.5) is 5.69 Å². The third kappa shape index (κ3) is 1.45. The van der Waals surface area contributed by atoms with Crippen molar-refractivity contribution in [1.29, 1.82) is 0 Å². The van der Waals surface area contributed by atoms with Gasteiger partial charge in [0.1, 0.15) is 0 Å². The maximum atomic E-state index is 10.0. The van der Waals surface area contributed by atoms with E-state index < -0.39 is 0 Å². The number of pyridine rings is 1. The zero-order valence-corrected chi connectivity index (χ0v) is 6.77. The van der Waals surface area contributed by atoms with Gasteiger partial charge in [0.05, 0.1) is 5.69 Å². The molecule has 0 spiro atoms. The second-order valence-electron chi connectivity index (χ2n) is 2.61. The lowest BCUT2D eigenvalue weighted by atomic mass is 10.1. The summed E-state index contributed by atoms with van der Waals surface area (Å²) in [5.74, 6) is 0. The Morgan fingerprint density at radius 1 is 1.23 bits per heavy atom. The molecule has 0 unspecified atom stereocenters. The van der Waals surface area contributed by atoms with Gasteiger partial charge in [0, 0.05) is 17.8 Å². The molecule has 62 valence electrons. The Kier molecular flexibility index (Phi) is 1.87. The summed E-state index contributed by atoms with van der Waals surface area (Å²) in [5, 5.41) is 2.05. The zero-order chi connectivity index (χ0) is 9.10. The fourth-order valence-corrected chi connectivity index (χ4v) is 1.19. The highest BCUT2D eigenvalue weighted by atomic mass is 16.1. The Balaban J connectivity index is 2.68. The second kappa shape index (κ2) is 3.17. The number of nitrogens with zero attached hydrogens (tertiary/aromatic N) is 2. The smallest absolute Gasteiger partial charge is 0.240 e. The minimum Gasteiger partial charge on any atom is -0.264 e. The van der Waals surface area contributed by atoms with E-state index in [2.05, 4.69) is 9.98 Å². The molecule has 3 nitrogen and oxygen atoms in total. The first-order valence-electron chi connectivity index (χ1n) is 3.82. The molecule has 2 rings (SSSR count). The zero-order valence-electron chi connectivity index (χ0n) is 6.77.